The van der Waals surface area contributed by atoms with Crippen LogP contribution in [0.1, 0.15) is 17.0 Å². The molecule has 0 bridgehead atoms. The van der Waals surface area contributed by atoms with Crippen LogP contribution in [0, 0.1) is 6.92 Å². The molecule has 5 heteroatoms. The Bertz CT molecular complexity index is 836. The summed E-state index contributed by atoms with van der Waals surface area (Å²) in [6.07, 6.45) is 4.07. The van der Waals surface area contributed by atoms with Crippen LogP contribution in [-0.4, -0.2) is 22.6 Å². The van der Waals surface area contributed by atoms with Crippen LogP contribution in [0.15, 0.2) is 60.9 Å². The van der Waals surface area contributed by atoms with Gasteiger partial charge < -0.3 is 14.6 Å². The molecule has 0 spiro atoms. The molecule has 0 atom stereocenters. The fourth-order valence-corrected chi connectivity index (χ4v) is 2.62. The molecule has 1 aromatic heterocycles. The smallest absolute Gasteiger partial charge is 0.224 e. The fourth-order valence-electron chi connectivity index (χ4n) is 2.62. The molecule has 1 amide bonds. The van der Waals surface area contributed by atoms with E-state index in [1.807, 2.05) is 66.2 Å². The summed E-state index contributed by atoms with van der Waals surface area (Å²) in [5.41, 5.74) is 3.08. The van der Waals surface area contributed by atoms with Gasteiger partial charge in [0, 0.05) is 24.6 Å². The van der Waals surface area contributed by atoms with E-state index in [1.165, 1.54) is 0 Å². The number of hydrogen-bond donors (Lipinski definition) is 1. The van der Waals surface area contributed by atoms with Gasteiger partial charge in [-0.25, -0.2) is 4.98 Å². The number of amides is 1. The predicted octanol–water partition coefficient (Wildman–Crippen LogP) is 3.05. The van der Waals surface area contributed by atoms with Crippen molar-refractivity contribution in [3.8, 4) is 11.4 Å². The van der Waals surface area contributed by atoms with E-state index in [4.69, 9.17) is 4.74 Å². The first-order chi connectivity index (χ1) is 12.2. The molecule has 0 saturated carbocycles. The van der Waals surface area contributed by atoms with Crippen LogP contribution in [0.3, 0.4) is 0 Å². The van der Waals surface area contributed by atoms with Gasteiger partial charge in [0.1, 0.15) is 11.6 Å². The van der Waals surface area contributed by atoms with Crippen molar-refractivity contribution in [1.29, 1.82) is 0 Å². The second-order valence-electron chi connectivity index (χ2n) is 5.81. The van der Waals surface area contributed by atoms with E-state index < -0.39 is 0 Å². The normalized spacial score (nSPS) is 10.5. The first-order valence-corrected chi connectivity index (χ1v) is 8.14. The van der Waals surface area contributed by atoms with Gasteiger partial charge in [-0.3, -0.25) is 4.79 Å². The second-order valence-corrected chi connectivity index (χ2v) is 5.81. The molecule has 0 aliphatic carbocycles. The van der Waals surface area contributed by atoms with E-state index in [0.717, 1.165) is 28.4 Å². The third kappa shape index (κ3) is 4.26. The number of rotatable bonds is 6. The van der Waals surface area contributed by atoms with Gasteiger partial charge in [0.15, 0.2) is 0 Å². The molecule has 0 fully saturated rings. The Morgan fingerprint density at radius 1 is 1.08 bits per heavy atom. The predicted molar refractivity (Wildman–Crippen MR) is 96.8 cm³/mol. The van der Waals surface area contributed by atoms with Crippen molar-refractivity contribution in [3.63, 3.8) is 0 Å². The van der Waals surface area contributed by atoms with Crippen LogP contribution in [0.2, 0.25) is 0 Å². The van der Waals surface area contributed by atoms with Crippen LogP contribution in [0.5, 0.6) is 5.75 Å². The summed E-state index contributed by atoms with van der Waals surface area (Å²) in [5.74, 6) is 1.73. The van der Waals surface area contributed by atoms with Gasteiger partial charge in [0.05, 0.1) is 13.5 Å². The Morgan fingerprint density at radius 2 is 1.76 bits per heavy atom. The lowest BCUT2D eigenvalue weighted by Gasteiger charge is -2.08. The SMILES string of the molecule is COc1ccc(CC(=O)NCc2ccc(-n3ccnc3C)cc2)cc1. The topological polar surface area (TPSA) is 56.1 Å². The summed E-state index contributed by atoms with van der Waals surface area (Å²) in [6.45, 7) is 2.48. The first-order valence-electron chi connectivity index (χ1n) is 8.14. The average Bonchev–Trinajstić information content (AvgIpc) is 3.07. The highest BCUT2D eigenvalue weighted by atomic mass is 16.5. The zero-order valence-electron chi connectivity index (χ0n) is 14.4. The molecule has 3 rings (SSSR count). The number of nitrogens with one attached hydrogen (secondary N) is 1. The number of methoxy groups -OCH3 is 1. The lowest BCUT2D eigenvalue weighted by atomic mass is 10.1. The third-order valence-corrected chi connectivity index (χ3v) is 4.05. The maximum Gasteiger partial charge on any atom is 0.224 e. The van der Waals surface area contributed by atoms with Crippen molar-refractivity contribution in [3.05, 3.63) is 77.9 Å². The Balaban J connectivity index is 1.54. The van der Waals surface area contributed by atoms with Gasteiger partial charge in [-0.1, -0.05) is 24.3 Å². The third-order valence-electron chi connectivity index (χ3n) is 4.05. The highest BCUT2D eigenvalue weighted by molar-refractivity contribution is 5.78. The Hall–Kier alpha value is -3.08. The largest absolute Gasteiger partial charge is 0.497 e. The lowest BCUT2D eigenvalue weighted by Crippen LogP contribution is -2.24. The molecule has 0 aliphatic heterocycles. The lowest BCUT2D eigenvalue weighted by molar-refractivity contribution is -0.120. The summed E-state index contributed by atoms with van der Waals surface area (Å²) in [4.78, 5) is 16.3. The van der Waals surface area contributed by atoms with E-state index >= 15 is 0 Å². The van der Waals surface area contributed by atoms with E-state index in [9.17, 15) is 4.79 Å². The Kier molecular flexibility index (Phi) is 5.14. The van der Waals surface area contributed by atoms with Crippen LogP contribution >= 0.6 is 0 Å². The van der Waals surface area contributed by atoms with Gasteiger partial charge in [0.2, 0.25) is 5.91 Å². The van der Waals surface area contributed by atoms with Crippen molar-refractivity contribution < 1.29 is 9.53 Å². The number of carbonyl (C=O) groups is 1. The summed E-state index contributed by atoms with van der Waals surface area (Å²) in [6, 6.07) is 15.6. The molecular formula is C20H21N3O2. The second kappa shape index (κ2) is 7.66. The zero-order chi connectivity index (χ0) is 17.6. The van der Waals surface area contributed by atoms with Crippen molar-refractivity contribution in [1.82, 2.24) is 14.9 Å². The number of ether oxygens (including phenoxy) is 1. The molecular weight excluding hydrogens is 314 g/mol. The van der Waals surface area contributed by atoms with Gasteiger partial charge in [-0.05, 0) is 42.3 Å². The molecule has 5 nitrogen and oxygen atoms in total. The molecule has 0 radical (unpaired) electrons. The monoisotopic (exact) mass is 335 g/mol. The van der Waals surface area contributed by atoms with E-state index in [-0.39, 0.29) is 5.91 Å². The fraction of sp³-hybridized carbons (Fsp3) is 0.200. The first kappa shape index (κ1) is 16.8. The number of nitrogens with zero attached hydrogens (tertiary/aromatic N) is 2. The van der Waals surface area contributed by atoms with Crippen LogP contribution < -0.4 is 10.1 Å². The number of aromatic nitrogens is 2. The van der Waals surface area contributed by atoms with Gasteiger partial charge >= 0.3 is 0 Å². The number of hydrogen-bond acceptors (Lipinski definition) is 3. The standard InChI is InChI=1S/C20H21N3O2/c1-15-21-11-12-23(15)18-7-3-17(4-8-18)14-22-20(24)13-16-5-9-19(25-2)10-6-16/h3-12H,13-14H2,1-2H3,(H,22,24). The summed E-state index contributed by atoms with van der Waals surface area (Å²) in [5, 5.41) is 2.95. The number of carbonyl (C=O) groups excluding carboxylic acids is 1. The van der Waals surface area contributed by atoms with Gasteiger partial charge in [-0.2, -0.15) is 0 Å². The van der Waals surface area contributed by atoms with Crippen LogP contribution in [0.25, 0.3) is 5.69 Å². The highest BCUT2D eigenvalue weighted by Gasteiger charge is 2.05. The number of benzene rings is 2. The summed E-state index contributed by atoms with van der Waals surface area (Å²) < 4.78 is 7.14. The highest BCUT2D eigenvalue weighted by Crippen LogP contribution is 2.13. The van der Waals surface area contributed by atoms with Crippen molar-refractivity contribution in [2.75, 3.05) is 7.11 Å². The molecule has 1 heterocycles. The van der Waals surface area contributed by atoms with Crippen molar-refractivity contribution in [2.45, 2.75) is 19.9 Å². The molecule has 3 aromatic rings. The van der Waals surface area contributed by atoms with Crippen LogP contribution in [-0.2, 0) is 17.8 Å². The summed E-state index contributed by atoms with van der Waals surface area (Å²) in [7, 11) is 1.63. The van der Waals surface area contributed by atoms with Gasteiger partial charge in [0.25, 0.3) is 0 Å². The molecule has 0 aliphatic rings. The maximum atomic E-state index is 12.1. The Morgan fingerprint density at radius 3 is 2.36 bits per heavy atom. The zero-order valence-corrected chi connectivity index (χ0v) is 14.4. The molecule has 0 unspecified atom stereocenters. The maximum absolute atomic E-state index is 12.1. The van der Waals surface area contributed by atoms with Crippen molar-refractivity contribution >= 4 is 5.91 Å². The average molecular weight is 335 g/mol. The minimum Gasteiger partial charge on any atom is -0.497 e. The number of aryl methyl sites for hydroxylation is 1. The molecule has 25 heavy (non-hydrogen) atoms. The molecule has 128 valence electrons. The summed E-state index contributed by atoms with van der Waals surface area (Å²) >= 11 is 0. The minimum absolute atomic E-state index is 0.000280. The minimum atomic E-state index is -0.000280. The van der Waals surface area contributed by atoms with Crippen molar-refractivity contribution in [2.24, 2.45) is 0 Å². The van der Waals surface area contributed by atoms with E-state index in [1.54, 1.807) is 13.3 Å². The quantitative estimate of drug-likeness (QED) is 0.753. The van der Waals surface area contributed by atoms with E-state index in [2.05, 4.69) is 10.3 Å². The molecule has 0 saturated heterocycles. The Labute approximate surface area is 147 Å². The molecule has 2 aromatic carbocycles. The number of imidazole rings is 1. The van der Waals surface area contributed by atoms with Gasteiger partial charge in [-0.15, -0.1) is 0 Å². The molecule has 1 N–H and O–H groups in total. The van der Waals surface area contributed by atoms with Crippen LogP contribution in [0.4, 0.5) is 0 Å². The van der Waals surface area contributed by atoms with E-state index in [0.29, 0.717) is 13.0 Å².